The molecule has 0 aromatic carbocycles. The Hall–Kier alpha value is -0.730. The maximum atomic E-state index is 12.0. The second kappa shape index (κ2) is 6.15. The molecule has 0 aliphatic heterocycles. The highest BCUT2D eigenvalue weighted by molar-refractivity contribution is 7.89. The number of hydrogen-bond donors (Lipinski definition) is 1. The quantitative estimate of drug-likeness (QED) is 0.850. The van der Waals surface area contributed by atoms with Gasteiger partial charge in [-0.3, -0.25) is 0 Å². The van der Waals surface area contributed by atoms with Crippen LogP contribution >= 0.6 is 34.5 Å². The Bertz CT molecular complexity index is 659. The predicted octanol–water partition coefficient (Wildman–Crippen LogP) is 2.37. The fraction of sp³-hybridized carbons (Fsp3) is 0.200. The fourth-order valence-corrected chi connectivity index (χ4v) is 3.26. The zero-order valence-electron chi connectivity index (χ0n) is 9.51. The van der Waals surface area contributed by atoms with Crippen molar-refractivity contribution < 1.29 is 8.42 Å². The normalized spacial score (nSPS) is 11.7. The summed E-state index contributed by atoms with van der Waals surface area (Å²) >= 11 is 12.9. The Morgan fingerprint density at radius 2 is 2.11 bits per heavy atom. The number of hydrogen-bond acceptors (Lipinski definition) is 5. The van der Waals surface area contributed by atoms with E-state index in [1.807, 2.05) is 5.38 Å². The molecule has 0 aliphatic carbocycles. The Kier molecular flexibility index (Phi) is 4.75. The Labute approximate surface area is 124 Å². The first kappa shape index (κ1) is 14.7. The molecule has 0 saturated carbocycles. The Balaban J connectivity index is 2.03. The van der Waals surface area contributed by atoms with Gasteiger partial charge in [0.15, 0.2) is 0 Å². The van der Waals surface area contributed by atoms with Crippen molar-refractivity contribution in [2.24, 2.45) is 0 Å². The van der Waals surface area contributed by atoms with Gasteiger partial charge in [-0.2, -0.15) is 0 Å². The molecule has 2 rings (SSSR count). The standard InChI is InChI=1S/C10H9Cl2N3O2S2/c11-8-5-7(6-14-10(8)12)19(16,17)15-2-1-9-13-3-4-18-9/h3-6,15H,1-2H2. The van der Waals surface area contributed by atoms with Crippen LogP contribution in [0.1, 0.15) is 5.01 Å². The van der Waals surface area contributed by atoms with Gasteiger partial charge in [-0.25, -0.2) is 23.1 Å². The van der Waals surface area contributed by atoms with E-state index in [1.54, 1.807) is 6.20 Å². The molecule has 0 spiro atoms. The fourth-order valence-electron chi connectivity index (χ4n) is 1.30. The summed E-state index contributed by atoms with van der Waals surface area (Å²) < 4.78 is 26.4. The van der Waals surface area contributed by atoms with Crippen LogP contribution in [-0.2, 0) is 16.4 Å². The van der Waals surface area contributed by atoms with Crippen LogP contribution in [0, 0.1) is 0 Å². The summed E-state index contributed by atoms with van der Waals surface area (Å²) in [6, 6.07) is 1.27. The maximum Gasteiger partial charge on any atom is 0.242 e. The third-order valence-electron chi connectivity index (χ3n) is 2.20. The van der Waals surface area contributed by atoms with E-state index in [4.69, 9.17) is 23.2 Å². The number of rotatable bonds is 5. The van der Waals surface area contributed by atoms with Crippen LogP contribution in [0.25, 0.3) is 0 Å². The van der Waals surface area contributed by atoms with Crippen molar-refractivity contribution in [3.05, 3.63) is 39.0 Å². The molecule has 0 aliphatic rings. The van der Waals surface area contributed by atoms with Crippen LogP contribution in [0.2, 0.25) is 10.2 Å². The van der Waals surface area contributed by atoms with Crippen molar-refractivity contribution in [3.63, 3.8) is 0 Å². The van der Waals surface area contributed by atoms with Gasteiger partial charge in [0.1, 0.15) is 10.0 Å². The number of pyridine rings is 1. The summed E-state index contributed by atoms with van der Waals surface area (Å²) in [5, 5.41) is 2.88. The number of aromatic nitrogens is 2. The largest absolute Gasteiger partial charge is 0.250 e. The molecule has 2 heterocycles. The summed E-state index contributed by atoms with van der Waals surface area (Å²) in [7, 11) is -3.63. The molecule has 0 fully saturated rings. The van der Waals surface area contributed by atoms with E-state index in [9.17, 15) is 8.42 Å². The van der Waals surface area contributed by atoms with Gasteiger partial charge in [0.25, 0.3) is 0 Å². The lowest BCUT2D eigenvalue weighted by Crippen LogP contribution is -2.26. The van der Waals surface area contributed by atoms with Crippen LogP contribution in [0.3, 0.4) is 0 Å². The van der Waals surface area contributed by atoms with Crippen LogP contribution in [0.5, 0.6) is 0 Å². The molecule has 0 radical (unpaired) electrons. The van der Waals surface area contributed by atoms with Crippen molar-refractivity contribution in [2.75, 3.05) is 6.54 Å². The molecular weight excluding hydrogens is 329 g/mol. The molecular formula is C10H9Cl2N3O2S2. The molecule has 0 bridgehead atoms. The number of nitrogens with zero attached hydrogens (tertiary/aromatic N) is 2. The van der Waals surface area contributed by atoms with Crippen molar-refractivity contribution in [3.8, 4) is 0 Å². The van der Waals surface area contributed by atoms with Crippen molar-refractivity contribution in [1.29, 1.82) is 0 Å². The topological polar surface area (TPSA) is 72.0 Å². The average Bonchev–Trinajstić information content (AvgIpc) is 2.85. The first-order chi connectivity index (χ1) is 8.99. The first-order valence-corrected chi connectivity index (χ1v) is 8.30. The zero-order chi connectivity index (χ0) is 13.9. The van der Waals surface area contributed by atoms with E-state index in [0.717, 1.165) is 5.01 Å². The van der Waals surface area contributed by atoms with Crippen molar-refractivity contribution >= 4 is 44.6 Å². The van der Waals surface area contributed by atoms with E-state index >= 15 is 0 Å². The van der Waals surface area contributed by atoms with Crippen molar-refractivity contribution in [2.45, 2.75) is 11.3 Å². The van der Waals surface area contributed by atoms with E-state index in [2.05, 4.69) is 14.7 Å². The minimum absolute atomic E-state index is 0.0129. The first-order valence-electron chi connectivity index (χ1n) is 5.18. The van der Waals surface area contributed by atoms with Crippen LogP contribution in [-0.4, -0.2) is 24.9 Å². The highest BCUT2D eigenvalue weighted by atomic mass is 35.5. The van der Waals surface area contributed by atoms with E-state index in [1.165, 1.54) is 23.6 Å². The second-order valence-electron chi connectivity index (χ2n) is 3.52. The number of halogens is 2. The lowest BCUT2D eigenvalue weighted by Gasteiger charge is -2.06. The van der Waals surface area contributed by atoms with E-state index in [-0.39, 0.29) is 21.6 Å². The number of nitrogens with one attached hydrogen (secondary N) is 1. The number of sulfonamides is 1. The van der Waals surface area contributed by atoms with Crippen LogP contribution < -0.4 is 4.72 Å². The molecule has 2 aromatic heterocycles. The van der Waals surface area contributed by atoms with E-state index in [0.29, 0.717) is 6.42 Å². The number of thiazole rings is 1. The zero-order valence-corrected chi connectivity index (χ0v) is 12.7. The van der Waals surface area contributed by atoms with Crippen LogP contribution in [0.15, 0.2) is 28.7 Å². The summed E-state index contributed by atoms with van der Waals surface area (Å²) in [5.74, 6) is 0. The van der Waals surface area contributed by atoms with Crippen molar-refractivity contribution in [1.82, 2.24) is 14.7 Å². The molecule has 0 unspecified atom stereocenters. The maximum absolute atomic E-state index is 12.0. The van der Waals surface area contributed by atoms with Gasteiger partial charge < -0.3 is 0 Å². The minimum Gasteiger partial charge on any atom is -0.250 e. The molecule has 0 amide bonds. The molecule has 5 nitrogen and oxygen atoms in total. The minimum atomic E-state index is -3.63. The third-order valence-corrected chi connectivity index (χ3v) is 5.15. The van der Waals surface area contributed by atoms with Gasteiger partial charge >= 0.3 is 0 Å². The molecule has 2 aromatic rings. The monoisotopic (exact) mass is 337 g/mol. The highest BCUT2D eigenvalue weighted by Crippen LogP contribution is 2.21. The highest BCUT2D eigenvalue weighted by Gasteiger charge is 2.15. The molecule has 102 valence electrons. The average molecular weight is 338 g/mol. The van der Waals surface area contributed by atoms with Gasteiger partial charge in [0, 0.05) is 30.7 Å². The van der Waals surface area contributed by atoms with Gasteiger partial charge in [-0.05, 0) is 6.07 Å². The van der Waals surface area contributed by atoms with Gasteiger partial charge in [-0.1, -0.05) is 23.2 Å². The van der Waals surface area contributed by atoms with Gasteiger partial charge in [0.05, 0.1) is 10.0 Å². The summed E-state index contributed by atoms with van der Waals surface area (Å²) in [6.45, 7) is 0.260. The molecule has 0 saturated heterocycles. The van der Waals surface area contributed by atoms with E-state index < -0.39 is 10.0 Å². The lowest BCUT2D eigenvalue weighted by atomic mass is 10.5. The van der Waals surface area contributed by atoms with Gasteiger partial charge in [0.2, 0.25) is 10.0 Å². The third kappa shape index (κ3) is 3.87. The smallest absolute Gasteiger partial charge is 0.242 e. The predicted molar refractivity (Wildman–Crippen MR) is 75.3 cm³/mol. The van der Waals surface area contributed by atoms with Gasteiger partial charge in [-0.15, -0.1) is 11.3 Å². The second-order valence-corrected chi connectivity index (χ2v) is 7.03. The molecule has 9 heteroatoms. The molecule has 19 heavy (non-hydrogen) atoms. The SMILES string of the molecule is O=S(=O)(NCCc1nccs1)c1cnc(Cl)c(Cl)c1. The van der Waals surface area contributed by atoms with Crippen LogP contribution in [0.4, 0.5) is 0 Å². The Morgan fingerprint density at radius 3 is 2.74 bits per heavy atom. The molecule has 0 atom stereocenters. The Morgan fingerprint density at radius 1 is 1.32 bits per heavy atom. The summed E-state index contributed by atoms with van der Waals surface area (Å²) in [5.41, 5.74) is 0. The summed E-state index contributed by atoms with van der Waals surface area (Å²) in [4.78, 5) is 7.76. The lowest BCUT2D eigenvalue weighted by molar-refractivity contribution is 0.581. The molecule has 1 N–H and O–H groups in total. The summed E-state index contributed by atoms with van der Waals surface area (Å²) in [6.07, 6.45) is 3.38.